The Labute approximate surface area is 123 Å². The third-order valence-corrected chi connectivity index (χ3v) is 3.00. The molecule has 0 saturated carbocycles. The number of nitrogens with two attached hydrogens (primary N) is 1. The minimum atomic E-state index is 0.491. The molecule has 1 aliphatic rings. The largest absolute Gasteiger partial charge is 0.495 e. The van der Waals surface area contributed by atoms with Crippen LogP contribution in [-0.4, -0.2) is 38.1 Å². The molecule has 2 rings (SSSR count). The van der Waals surface area contributed by atoms with Gasteiger partial charge < -0.3 is 25.0 Å². The van der Waals surface area contributed by atoms with Gasteiger partial charge in [-0.3, -0.25) is 0 Å². The molecule has 1 heterocycles. The zero-order valence-corrected chi connectivity index (χ0v) is 12.6. The summed E-state index contributed by atoms with van der Waals surface area (Å²) < 4.78 is 10.5. The molecule has 1 aromatic carbocycles. The van der Waals surface area contributed by atoms with E-state index in [-0.39, 0.29) is 0 Å². The van der Waals surface area contributed by atoms with E-state index in [0.29, 0.717) is 28.7 Å². The number of nitrogen functional groups attached to an aromatic ring is 1. The van der Waals surface area contributed by atoms with E-state index in [9.17, 15) is 0 Å². The first kappa shape index (κ1) is 14.7. The highest BCUT2D eigenvalue weighted by atomic mass is 16.5. The second-order valence-corrected chi connectivity index (χ2v) is 4.53. The SMILES string of the molecule is COc1cc(N=NC2=CN(C)C=CN2C)c(OC)cc1N. The number of ether oxygens (including phenoxy) is 2. The summed E-state index contributed by atoms with van der Waals surface area (Å²) in [5.41, 5.74) is 6.88. The van der Waals surface area contributed by atoms with Crippen molar-refractivity contribution >= 4 is 11.4 Å². The Kier molecular flexibility index (Phi) is 4.32. The first-order chi connectivity index (χ1) is 10.0. The Balaban J connectivity index is 2.32. The van der Waals surface area contributed by atoms with Gasteiger partial charge in [0.15, 0.2) is 5.82 Å². The molecular formula is C14H19N5O2. The highest BCUT2D eigenvalue weighted by Crippen LogP contribution is 2.37. The van der Waals surface area contributed by atoms with Gasteiger partial charge in [0.05, 0.1) is 19.9 Å². The minimum Gasteiger partial charge on any atom is -0.495 e. The van der Waals surface area contributed by atoms with Crippen LogP contribution in [-0.2, 0) is 0 Å². The fraction of sp³-hybridized carbons (Fsp3) is 0.286. The molecule has 2 N–H and O–H groups in total. The number of hydrogen-bond donors (Lipinski definition) is 1. The van der Waals surface area contributed by atoms with Gasteiger partial charge in [0.1, 0.15) is 17.2 Å². The van der Waals surface area contributed by atoms with Crippen molar-refractivity contribution in [1.82, 2.24) is 9.80 Å². The van der Waals surface area contributed by atoms with Gasteiger partial charge in [-0.1, -0.05) is 0 Å². The summed E-state index contributed by atoms with van der Waals surface area (Å²) in [4.78, 5) is 3.76. The summed E-state index contributed by atoms with van der Waals surface area (Å²) in [5.74, 6) is 1.78. The number of nitrogens with zero attached hydrogens (tertiary/aromatic N) is 4. The zero-order chi connectivity index (χ0) is 15.4. The molecule has 0 amide bonds. The summed E-state index contributed by atoms with van der Waals surface area (Å²) in [6.45, 7) is 0. The quantitative estimate of drug-likeness (QED) is 0.681. The lowest BCUT2D eigenvalue weighted by molar-refractivity contribution is 0.405. The van der Waals surface area contributed by atoms with Gasteiger partial charge >= 0.3 is 0 Å². The third-order valence-electron chi connectivity index (χ3n) is 3.00. The Bertz CT molecular complexity index is 610. The van der Waals surface area contributed by atoms with E-state index in [4.69, 9.17) is 15.2 Å². The van der Waals surface area contributed by atoms with E-state index >= 15 is 0 Å². The van der Waals surface area contributed by atoms with Gasteiger partial charge in [0.25, 0.3) is 0 Å². The Morgan fingerprint density at radius 1 is 1.00 bits per heavy atom. The zero-order valence-electron chi connectivity index (χ0n) is 12.6. The lowest BCUT2D eigenvalue weighted by Crippen LogP contribution is -2.18. The molecule has 7 nitrogen and oxygen atoms in total. The molecule has 1 aromatic rings. The average molecular weight is 289 g/mol. The molecule has 0 aliphatic carbocycles. The maximum absolute atomic E-state index is 5.84. The highest BCUT2D eigenvalue weighted by Gasteiger charge is 2.10. The van der Waals surface area contributed by atoms with Gasteiger partial charge in [-0.2, -0.15) is 0 Å². The van der Waals surface area contributed by atoms with Gasteiger partial charge in [-0.05, 0) is 0 Å². The first-order valence-electron chi connectivity index (χ1n) is 6.33. The van der Waals surface area contributed by atoms with Gasteiger partial charge in [0, 0.05) is 44.8 Å². The number of hydrogen-bond acceptors (Lipinski definition) is 7. The molecule has 112 valence electrons. The van der Waals surface area contributed by atoms with Crippen molar-refractivity contribution in [2.45, 2.75) is 0 Å². The predicted molar refractivity (Wildman–Crippen MR) is 81.2 cm³/mol. The number of methoxy groups -OCH3 is 2. The Morgan fingerprint density at radius 2 is 1.71 bits per heavy atom. The summed E-state index contributed by atoms with van der Waals surface area (Å²) in [6, 6.07) is 3.36. The van der Waals surface area contributed by atoms with Crippen LogP contribution in [0.15, 0.2) is 46.8 Å². The molecule has 1 aliphatic heterocycles. The van der Waals surface area contributed by atoms with Crippen LogP contribution in [0.4, 0.5) is 11.4 Å². The van der Waals surface area contributed by atoms with Crippen molar-refractivity contribution < 1.29 is 9.47 Å². The molecule has 0 bridgehead atoms. The van der Waals surface area contributed by atoms with E-state index in [1.807, 2.05) is 42.5 Å². The normalized spacial score (nSPS) is 14.6. The lowest BCUT2D eigenvalue weighted by Gasteiger charge is -2.21. The van der Waals surface area contributed by atoms with E-state index in [0.717, 1.165) is 0 Å². The van der Waals surface area contributed by atoms with Crippen LogP contribution in [0.5, 0.6) is 11.5 Å². The lowest BCUT2D eigenvalue weighted by atomic mass is 10.2. The molecule has 0 saturated heterocycles. The monoisotopic (exact) mass is 289 g/mol. The summed E-state index contributed by atoms with van der Waals surface area (Å²) in [7, 11) is 6.93. The van der Waals surface area contributed by atoms with Crippen LogP contribution in [0.2, 0.25) is 0 Å². The van der Waals surface area contributed by atoms with Crippen molar-refractivity contribution in [2.24, 2.45) is 10.2 Å². The molecule has 0 radical (unpaired) electrons. The van der Waals surface area contributed by atoms with Crippen LogP contribution < -0.4 is 15.2 Å². The molecule has 0 atom stereocenters. The number of anilines is 1. The van der Waals surface area contributed by atoms with Crippen molar-refractivity contribution in [3.05, 3.63) is 36.6 Å². The summed E-state index contributed by atoms with van der Waals surface area (Å²) >= 11 is 0. The summed E-state index contributed by atoms with van der Waals surface area (Å²) in [5, 5.41) is 8.47. The average Bonchev–Trinajstić information content (AvgIpc) is 2.48. The second kappa shape index (κ2) is 6.17. The summed E-state index contributed by atoms with van der Waals surface area (Å²) in [6.07, 6.45) is 5.69. The van der Waals surface area contributed by atoms with Crippen LogP contribution in [0.3, 0.4) is 0 Å². The van der Waals surface area contributed by atoms with Gasteiger partial charge in [0.2, 0.25) is 0 Å². The highest BCUT2D eigenvalue weighted by molar-refractivity contribution is 5.66. The van der Waals surface area contributed by atoms with Gasteiger partial charge in [-0.15, -0.1) is 10.2 Å². The molecule has 0 spiro atoms. The van der Waals surface area contributed by atoms with Crippen LogP contribution >= 0.6 is 0 Å². The molecule has 0 unspecified atom stereocenters. The third kappa shape index (κ3) is 3.25. The predicted octanol–water partition coefficient (Wildman–Crippen LogP) is 2.52. The van der Waals surface area contributed by atoms with E-state index in [2.05, 4.69) is 10.2 Å². The van der Waals surface area contributed by atoms with Crippen molar-refractivity contribution in [3.63, 3.8) is 0 Å². The van der Waals surface area contributed by atoms with E-state index in [1.165, 1.54) is 0 Å². The van der Waals surface area contributed by atoms with Crippen molar-refractivity contribution in [1.29, 1.82) is 0 Å². The van der Waals surface area contributed by atoms with E-state index < -0.39 is 0 Å². The second-order valence-electron chi connectivity index (χ2n) is 4.53. The smallest absolute Gasteiger partial charge is 0.171 e. The minimum absolute atomic E-state index is 0.491. The molecule has 0 fully saturated rings. The molecule has 0 aromatic heterocycles. The van der Waals surface area contributed by atoms with Gasteiger partial charge in [-0.25, -0.2) is 0 Å². The number of azo groups is 1. The molecule has 7 heteroatoms. The number of benzene rings is 1. The molecule has 21 heavy (non-hydrogen) atoms. The van der Waals surface area contributed by atoms with Crippen LogP contribution in [0.25, 0.3) is 0 Å². The Hall–Kier alpha value is -2.70. The maximum Gasteiger partial charge on any atom is 0.171 e. The fourth-order valence-corrected chi connectivity index (χ4v) is 1.78. The standard InChI is InChI=1S/C14H19N5O2/c1-18-5-6-19(2)14(9-18)17-16-11-8-12(20-3)10(15)7-13(11)21-4/h5-9H,15H2,1-4H3. The van der Waals surface area contributed by atoms with E-state index in [1.54, 1.807) is 26.4 Å². The topological polar surface area (TPSA) is 75.7 Å². The van der Waals surface area contributed by atoms with Crippen LogP contribution in [0, 0.1) is 0 Å². The van der Waals surface area contributed by atoms with Crippen molar-refractivity contribution in [3.8, 4) is 11.5 Å². The Morgan fingerprint density at radius 3 is 2.38 bits per heavy atom. The maximum atomic E-state index is 5.84. The fourth-order valence-electron chi connectivity index (χ4n) is 1.78. The molecular weight excluding hydrogens is 270 g/mol. The van der Waals surface area contributed by atoms with Crippen molar-refractivity contribution in [2.75, 3.05) is 34.0 Å². The number of rotatable bonds is 4. The first-order valence-corrected chi connectivity index (χ1v) is 6.33. The van der Waals surface area contributed by atoms with Crippen LogP contribution in [0.1, 0.15) is 0 Å².